The number of pyridine rings is 1. The lowest BCUT2D eigenvalue weighted by molar-refractivity contribution is -0.136. The molecule has 0 aliphatic carbocycles. The van der Waals surface area contributed by atoms with Gasteiger partial charge < -0.3 is 15.0 Å². The van der Waals surface area contributed by atoms with E-state index in [-0.39, 0.29) is 29.8 Å². The predicted molar refractivity (Wildman–Crippen MR) is 107 cm³/mol. The molecule has 3 rings (SSSR count). The largest absolute Gasteiger partial charge is 0.417 e. The number of nitrogens with one attached hydrogen (secondary N) is 1. The number of methoxy groups -OCH3 is 1. The van der Waals surface area contributed by atoms with Crippen molar-refractivity contribution in [2.45, 2.75) is 32.7 Å². The van der Waals surface area contributed by atoms with Crippen molar-refractivity contribution in [2.75, 3.05) is 44.7 Å². The Morgan fingerprint density at radius 2 is 2.00 bits per heavy atom. The number of thiophene rings is 1. The van der Waals surface area contributed by atoms with Crippen LogP contribution in [0.3, 0.4) is 0 Å². The molecule has 0 unspecified atom stereocenters. The fourth-order valence-corrected chi connectivity index (χ4v) is 4.41. The van der Waals surface area contributed by atoms with Crippen LogP contribution in [0.4, 0.5) is 19.0 Å². The number of ether oxygens (including phenoxy) is 1. The van der Waals surface area contributed by atoms with Crippen LogP contribution in [0.1, 0.15) is 25.0 Å². The van der Waals surface area contributed by atoms with Gasteiger partial charge in [0.2, 0.25) is 5.91 Å². The highest BCUT2D eigenvalue weighted by atomic mass is 32.1. The number of alkyl halides is 3. The molecule has 0 spiro atoms. The highest BCUT2D eigenvalue weighted by molar-refractivity contribution is 7.17. The average molecular weight is 430 g/mol. The SMILES string of the molecule is COCc1csc2c(C(F)(F)F)cc(N3CCN(CC(=O)NC(C)C)CC3)nc12. The molecule has 29 heavy (non-hydrogen) atoms. The molecule has 0 bridgehead atoms. The standard InChI is InChI=1S/C19H25F3N4O2S/c1-12(2)23-16(27)9-25-4-6-26(7-5-25)15-8-14(19(20,21)22)18-17(24-15)13(10-28-3)11-29-18/h8,11-12H,4-7,9-10H2,1-3H3,(H,23,27). The molecule has 1 aliphatic heterocycles. The van der Waals surface area contributed by atoms with Gasteiger partial charge in [-0.15, -0.1) is 11.3 Å². The summed E-state index contributed by atoms with van der Waals surface area (Å²) in [6.45, 7) is 6.49. The number of carbonyl (C=O) groups is 1. The van der Waals surface area contributed by atoms with Crippen LogP contribution in [0.15, 0.2) is 11.4 Å². The number of hydrogen-bond acceptors (Lipinski definition) is 6. The summed E-state index contributed by atoms with van der Waals surface area (Å²) in [6.07, 6.45) is -4.46. The Labute approximate surface area is 171 Å². The van der Waals surface area contributed by atoms with Gasteiger partial charge in [-0.1, -0.05) is 0 Å². The topological polar surface area (TPSA) is 57.7 Å². The highest BCUT2D eigenvalue weighted by Crippen LogP contribution is 2.40. The van der Waals surface area contributed by atoms with E-state index >= 15 is 0 Å². The number of hydrogen-bond donors (Lipinski definition) is 1. The molecular formula is C19H25F3N4O2S. The monoisotopic (exact) mass is 430 g/mol. The summed E-state index contributed by atoms with van der Waals surface area (Å²) >= 11 is 1.04. The smallest absolute Gasteiger partial charge is 0.380 e. The third-order valence-electron chi connectivity index (χ3n) is 4.70. The van der Waals surface area contributed by atoms with Crippen LogP contribution in [0.25, 0.3) is 10.2 Å². The van der Waals surface area contributed by atoms with Gasteiger partial charge in [0.05, 0.1) is 28.9 Å². The van der Waals surface area contributed by atoms with E-state index in [4.69, 9.17) is 4.74 Å². The molecule has 0 atom stereocenters. The first-order valence-corrected chi connectivity index (χ1v) is 10.3. The van der Waals surface area contributed by atoms with Gasteiger partial charge in [0.25, 0.3) is 0 Å². The van der Waals surface area contributed by atoms with Crippen LogP contribution in [0, 0.1) is 0 Å². The summed E-state index contributed by atoms with van der Waals surface area (Å²) in [5.41, 5.74) is 0.341. The Morgan fingerprint density at radius 3 is 2.59 bits per heavy atom. The third-order valence-corrected chi connectivity index (χ3v) is 5.75. The zero-order valence-electron chi connectivity index (χ0n) is 16.7. The summed E-state index contributed by atoms with van der Waals surface area (Å²) in [6, 6.07) is 1.21. The molecule has 1 amide bonds. The molecular weight excluding hydrogens is 405 g/mol. The number of rotatable bonds is 6. The fraction of sp³-hybridized carbons (Fsp3) is 0.579. The molecule has 10 heteroatoms. The second-order valence-corrected chi connectivity index (χ2v) is 8.26. The van der Waals surface area contributed by atoms with E-state index in [0.29, 0.717) is 43.1 Å². The maximum absolute atomic E-state index is 13.6. The number of fused-ring (bicyclic) bond motifs is 1. The minimum absolute atomic E-state index is 0.0465. The maximum atomic E-state index is 13.6. The van der Waals surface area contributed by atoms with E-state index in [1.54, 1.807) is 5.38 Å². The number of halogens is 3. The number of aromatic nitrogens is 1. The molecule has 0 saturated carbocycles. The van der Waals surface area contributed by atoms with E-state index in [0.717, 1.165) is 17.4 Å². The number of amides is 1. The first kappa shape index (κ1) is 21.8. The number of carbonyl (C=O) groups excluding carboxylic acids is 1. The van der Waals surface area contributed by atoms with Crippen molar-refractivity contribution in [3.63, 3.8) is 0 Å². The van der Waals surface area contributed by atoms with Crippen LogP contribution in [-0.4, -0.2) is 61.7 Å². The van der Waals surface area contributed by atoms with Crippen LogP contribution in [-0.2, 0) is 22.3 Å². The van der Waals surface area contributed by atoms with Crippen molar-refractivity contribution in [3.05, 3.63) is 22.6 Å². The highest BCUT2D eigenvalue weighted by Gasteiger charge is 2.35. The van der Waals surface area contributed by atoms with Crippen molar-refractivity contribution in [1.29, 1.82) is 0 Å². The zero-order chi connectivity index (χ0) is 21.2. The number of nitrogens with zero attached hydrogens (tertiary/aromatic N) is 3. The quantitative estimate of drug-likeness (QED) is 0.763. The minimum Gasteiger partial charge on any atom is -0.380 e. The Bertz CT molecular complexity index is 861. The molecule has 160 valence electrons. The average Bonchev–Trinajstić information content (AvgIpc) is 3.03. The summed E-state index contributed by atoms with van der Waals surface area (Å²) in [5, 5.41) is 4.52. The zero-order valence-corrected chi connectivity index (χ0v) is 17.5. The number of piperazine rings is 1. The minimum atomic E-state index is -4.46. The van der Waals surface area contributed by atoms with E-state index < -0.39 is 11.7 Å². The maximum Gasteiger partial charge on any atom is 0.417 e. The Kier molecular flexibility index (Phi) is 6.65. The first-order chi connectivity index (χ1) is 13.7. The van der Waals surface area contributed by atoms with Crippen LogP contribution in [0.5, 0.6) is 0 Å². The van der Waals surface area contributed by atoms with Crippen molar-refractivity contribution in [1.82, 2.24) is 15.2 Å². The molecule has 1 N–H and O–H groups in total. The third kappa shape index (κ3) is 5.18. The van der Waals surface area contributed by atoms with Crippen LogP contribution >= 0.6 is 11.3 Å². The molecule has 0 aromatic carbocycles. The van der Waals surface area contributed by atoms with Gasteiger partial charge in [-0.25, -0.2) is 4.98 Å². The molecule has 0 radical (unpaired) electrons. The van der Waals surface area contributed by atoms with Gasteiger partial charge in [-0.05, 0) is 25.3 Å². The summed E-state index contributed by atoms with van der Waals surface area (Å²) < 4.78 is 46.2. The van der Waals surface area contributed by atoms with Crippen molar-refractivity contribution < 1.29 is 22.7 Å². The van der Waals surface area contributed by atoms with Gasteiger partial charge in [0.15, 0.2) is 0 Å². The lowest BCUT2D eigenvalue weighted by Crippen LogP contribution is -2.50. The van der Waals surface area contributed by atoms with E-state index in [9.17, 15) is 18.0 Å². The molecule has 3 heterocycles. The van der Waals surface area contributed by atoms with Gasteiger partial charge in [0, 0.05) is 44.9 Å². The molecule has 2 aromatic rings. The van der Waals surface area contributed by atoms with Gasteiger partial charge in [-0.3, -0.25) is 9.69 Å². The van der Waals surface area contributed by atoms with Crippen molar-refractivity contribution >= 4 is 33.3 Å². The Hall–Kier alpha value is -1.91. The molecule has 1 fully saturated rings. The second-order valence-electron chi connectivity index (χ2n) is 7.38. The van der Waals surface area contributed by atoms with E-state index in [2.05, 4.69) is 10.3 Å². The molecule has 1 saturated heterocycles. The van der Waals surface area contributed by atoms with Gasteiger partial charge in [-0.2, -0.15) is 13.2 Å². The number of anilines is 1. The molecule has 1 aliphatic rings. The van der Waals surface area contributed by atoms with Crippen LogP contribution < -0.4 is 10.2 Å². The lowest BCUT2D eigenvalue weighted by atomic mass is 10.1. The first-order valence-electron chi connectivity index (χ1n) is 9.43. The summed E-state index contributed by atoms with van der Waals surface area (Å²) in [7, 11) is 1.51. The summed E-state index contributed by atoms with van der Waals surface area (Å²) in [4.78, 5) is 20.3. The van der Waals surface area contributed by atoms with E-state index in [1.807, 2.05) is 23.6 Å². The van der Waals surface area contributed by atoms with Crippen LogP contribution in [0.2, 0.25) is 0 Å². The molecule has 6 nitrogen and oxygen atoms in total. The van der Waals surface area contributed by atoms with Crippen molar-refractivity contribution in [2.24, 2.45) is 0 Å². The fourth-order valence-electron chi connectivity index (χ4n) is 3.38. The van der Waals surface area contributed by atoms with E-state index in [1.165, 1.54) is 7.11 Å². The molecule has 2 aromatic heterocycles. The normalized spacial score (nSPS) is 16.0. The predicted octanol–water partition coefficient (Wildman–Crippen LogP) is 3.11. The second kappa shape index (κ2) is 8.85. The lowest BCUT2D eigenvalue weighted by Gasteiger charge is -2.35. The summed E-state index contributed by atoms with van der Waals surface area (Å²) in [5.74, 6) is 0.265. The van der Waals surface area contributed by atoms with Gasteiger partial charge >= 0.3 is 6.18 Å². The Morgan fingerprint density at radius 1 is 1.31 bits per heavy atom. The Balaban J connectivity index is 1.80. The van der Waals surface area contributed by atoms with Gasteiger partial charge in [0.1, 0.15) is 5.82 Å². The van der Waals surface area contributed by atoms with Crippen molar-refractivity contribution in [3.8, 4) is 0 Å².